The molecule has 1 aromatic heterocycles. The lowest BCUT2D eigenvalue weighted by Gasteiger charge is -2.24. The number of nitrogens with one attached hydrogen (secondary N) is 1. The van der Waals surface area contributed by atoms with Gasteiger partial charge in [0, 0.05) is 19.6 Å². The Morgan fingerprint density at radius 2 is 2.00 bits per heavy atom. The smallest absolute Gasteiger partial charge is 0.204 e. The summed E-state index contributed by atoms with van der Waals surface area (Å²) in [6, 6.07) is 0. The Labute approximate surface area is 116 Å². The zero-order valence-corrected chi connectivity index (χ0v) is 12.6. The molecule has 0 radical (unpaired) electrons. The maximum absolute atomic E-state index is 5.51. The molecule has 0 spiro atoms. The van der Waals surface area contributed by atoms with Crippen molar-refractivity contribution in [3.8, 4) is 5.75 Å². The molecule has 0 unspecified atom stereocenters. The standard InChI is InChI=1S/C14H26N4O/c1-5-8-10-18(7-3)14-12(19-4)13(15-9-6-2)16-11-17-14/h11H,5-10H2,1-4H3,(H,15,16,17). The fourth-order valence-corrected chi connectivity index (χ4v) is 1.91. The van der Waals surface area contributed by atoms with E-state index >= 15 is 0 Å². The summed E-state index contributed by atoms with van der Waals surface area (Å²) in [6.45, 7) is 9.25. The van der Waals surface area contributed by atoms with Gasteiger partial charge in [0.05, 0.1) is 7.11 Å². The molecule has 19 heavy (non-hydrogen) atoms. The van der Waals surface area contributed by atoms with Crippen molar-refractivity contribution >= 4 is 11.6 Å². The summed E-state index contributed by atoms with van der Waals surface area (Å²) in [5.74, 6) is 2.41. The van der Waals surface area contributed by atoms with Gasteiger partial charge in [-0.2, -0.15) is 0 Å². The van der Waals surface area contributed by atoms with E-state index in [0.29, 0.717) is 0 Å². The first kappa shape index (κ1) is 15.5. The van der Waals surface area contributed by atoms with Crippen LogP contribution in [0.2, 0.25) is 0 Å². The lowest BCUT2D eigenvalue weighted by molar-refractivity contribution is 0.412. The number of rotatable bonds is 9. The van der Waals surface area contributed by atoms with Gasteiger partial charge in [-0.1, -0.05) is 20.3 Å². The topological polar surface area (TPSA) is 50.3 Å². The van der Waals surface area contributed by atoms with Gasteiger partial charge in [0.1, 0.15) is 6.33 Å². The van der Waals surface area contributed by atoms with Gasteiger partial charge in [0.15, 0.2) is 11.6 Å². The average Bonchev–Trinajstić information content (AvgIpc) is 2.45. The molecule has 1 rings (SSSR count). The van der Waals surface area contributed by atoms with Crippen molar-refractivity contribution < 1.29 is 4.74 Å². The van der Waals surface area contributed by atoms with Crippen LogP contribution in [0, 0.1) is 0 Å². The number of nitrogens with zero attached hydrogens (tertiary/aromatic N) is 3. The number of aromatic nitrogens is 2. The molecule has 1 aromatic rings. The minimum Gasteiger partial charge on any atom is -0.490 e. The van der Waals surface area contributed by atoms with Crippen molar-refractivity contribution in [2.24, 2.45) is 0 Å². The maximum atomic E-state index is 5.51. The van der Waals surface area contributed by atoms with Gasteiger partial charge in [-0.3, -0.25) is 0 Å². The first-order valence-corrected chi connectivity index (χ1v) is 7.16. The molecule has 1 heterocycles. The summed E-state index contributed by atoms with van der Waals surface area (Å²) in [7, 11) is 1.67. The predicted octanol–water partition coefficient (Wildman–Crippen LogP) is 2.93. The van der Waals surface area contributed by atoms with Gasteiger partial charge < -0.3 is 15.0 Å². The largest absolute Gasteiger partial charge is 0.490 e. The molecule has 1 N–H and O–H groups in total. The fraction of sp³-hybridized carbons (Fsp3) is 0.714. The van der Waals surface area contributed by atoms with E-state index in [1.54, 1.807) is 13.4 Å². The van der Waals surface area contributed by atoms with Crippen molar-refractivity contribution in [2.75, 3.05) is 37.0 Å². The molecule has 0 aliphatic rings. The summed E-state index contributed by atoms with van der Waals surface area (Å²) in [5.41, 5.74) is 0. The first-order valence-electron chi connectivity index (χ1n) is 7.16. The lowest BCUT2D eigenvalue weighted by atomic mass is 10.3. The van der Waals surface area contributed by atoms with E-state index in [2.05, 4.69) is 41.0 Å². The third-order valence-electron chi connectivity index (χ3n) is 2.99. The SMILES string of the molecule is CCCCN(CC)c1ncnc(NCCC)c1OC. The van der Waals surface area contributed by atoms with Gasteiger partial charge in [-0.15, -0.1) is 0 Å². The van der Waals surface area contributed by atoms with Crippen LogP contribution in [0.25, 0.3) is 0 Å². The fourth-order valence-electron chi connectivity index (χ4n) is 1.91. The van der Waals surface area contributed by atoms with Crippen LogP contribution in [0.15, 0.2) is 6.33 Å². The molecule has 0 fully saturated rings. The Bertz CT molecular complexity index is 370. The summed E-state index contributed by atoms with van der Waals surface area (Å²) >= 11 is 0. The third-order valence-corrected chi connectivity index (χ3v) is 2.99. The minimum absolute atomic E-state index is 0.744. The Kier molecular flexibility index (Phi) is 7.00. The summed E-state index contributed by atoms with van der Waals surface area (Å²) in [5, 5.41) is 3.29. The Morgan fingerprint density at radius 1 is 1.21 bits per heavy atom. The van der Waals surface area contributed by atoms with Crippen LogP contribution in [0.4, 0.5) is 11.6 Å². The van der Waals surface area contributed by atoms with Crippen LogP contribution in [0.5, 0.6) is 5.75 Å². The number of anilines is 2. The van der Waals surface area contributed by atoms with Gasteiger partial charge in [0.25, 0.3) is 0 Å². The van der Waals surface area contributed by atoms with Crippen LogP contribution in [0.1, 0.15) is 40.0 Å². The van der Waals surface area contributed by atoms with Crippen molar-refractivity contribution in [1.29, 1.82) is 0 Å². The van der Waals surface area contributed by atoms with E-state index in [9.17, 15) is 0 Å². The van der Waals surface area contributed by atoms with E-state index in [4.69, 9.17) is 4.74 Å². The van der Waals surface area contributed by atoms with Gasteiger partial charge in [-0.05, 0) is 19.8 Å². The molecule has 0 aliphatic carbocycles. The highest BCUT2D eigenvalue weighted by molar-refractivity contribution is 5.64. The van der Waals surface area contributed by atoms with Crippen LogP contribution in [-0.2, 0) is 0 Å². The van der Waals surface area contributed by atoms with Crippen LogP contribution in [0.3, 0.4) is 0 Å². The van der Waals surface area contributed by atoms with Crippen LogP contribution >= 0.6 is 0 Å². The van der Waals surface area contributed by atoms with Crippen LogP contribution < -0.4 is 15.0 Å². The van der Waals surface area contributed by atoms with Crippen molar-refractivity contribution in [3.05, 3.63) is 6.33 Å². The molecule has 0 saturated carbocycles. The summed E-state index contributed by atoms with van der Waals surface area (Å²) in [6.07, 6.45) is 4.98. The highest BCUT2D eigenvalue weighted by Crippen LogP contribution is 2.31. The molecule has 0 amide bonds. The minimum atomic E-state index is 0.744. The first-order chi connectivity index (χ1) is 9.28. The van der Waals surface area contributed by atoms with Gasteiger partial charge >= 0.3 is 0 Å². The number of methoxy groups -OCH3 is 1. The molecular weight excluding hydrogens is 240 g/mol. The second kappa shape index (κ2) is 8.56. The Hall–Kier alpha value is -1.52. The second-order valence-electron chi connectivity index (χ2n) is 4.44. The monoisotopic (exact) mass is 266 g/mol. The van der Waals surface area contributed by atoms with Crippen LogP contribution in [-0.4, -0.2) is 36.7 Å². The van der Waals surface area contributed by atoms with E-state index in [1.807, 2.05) is 0 Å². The highest BCUT2D eigenvalue weighted by atomic mass is 16.5. The molecule has 0 bridgehead atoms. The summed E-state index contributed by atoms with van der Waals surface area (Å²) in [4.78, 5) is 10.9. The number of unbranched alkanes of at least 4 members (excludes halogenated alkanes) is 1. The molecule has 0 aromatic carbocycles. The highest BCUT2D eigenvalue weighted by Gasteiger charge is 2.16. The number of ether oxygens (including phenoxy) is 1. The van der Waals surface area contributed by atoms with E-state index in [-0.39, 0.29) is 0 Å². The van der Waals surface area contributed by atoms with Crippen molar-refractivity contribution in [2.45, 2.75) is 40.0 Å². The summed E-state index contributed by atoms with van der Waals surface area (Å²) < 4.78 is 5.51. The molecule has 5 heteroatoms. The van der Waals surface area contributed by atoms with Crippen molar-refractivity contribution in [3.63, 3.8) is 0 Å². The molecule has 5 nitrogen and oxygen atoms in total. The number of hydrogen-bond acceptors (Lipinski definition) is 5. The molecule has 0 atom stereocenters. The molecule has 0 saturated heterocycles. The number of hydrogen-bond donors (Lipinski definition) is 1. The van der Waals surface area contributed by atoms with E-state index in [1.165, 1.54) is 6.42 Å². The Morgan fingerprint density at radius 3 is 2.58 bits per heavy atom. The third kappa shape index (κ3) is 4.26. The van der Waals surface area contributed by atoms with Gasteiger partial charge in [0.2, 0.25) is 5.75 Å². The quantitative estimate of drug-likeness (QED) is 0.744. The Balaban J connectivity index is 2.97. The molecule has 108 valence electrons. The van der Waals surface area contributed by atoms with Crippen molar-refractivity contribution in [1.82, 2.24) is 9.97 Å². The lowest BCUT2D eigenvalue weighted by Crippen LogP contribution is -2.26. The molecule has 0 aliphatic heterocycles. The zero-order chi connectivity index (χ0) is 14.1. The average molecular weight is 266 g/mol. The van der Waals surface area contributed by atoms with Gasteiger partial charge in [-0.25, -0.2) is 9.97 Å². The van der Waals surface area contributed by atoms with E-state index in [0.717, 1.165) is 49.9 Å². The second-order valence-corrected chi connectivity index (χ2v) is 4.44. The maximum Gasteiger partial charge on any atom is 0.204 e. The molecular formula is C14H26N4O. The normalized spacial score (nSPS) is 10.3. The zero-order valence-electron chi connectivity index (χ0n) is 12.6. The predicted molar refractivity (Wildman–Crippen MR) is 80.2 cm³/mol. The van der Waals surface area contributed by atoms with E-state index < -0.39 is 0 Å².